The molecule has 0 unspecified atom stereocenters. The molecule has 10 heteroatoms. The molecule has 0 radical (unpaired) electrons. The molecule has 0 heterocycles. The normalized spacial score (nSPS) is 7.20. The van der Waals surface area contributed by atoms with Crippen molar-refractivity contribution in [3.8, 4) is 0 Å². The van der Waals surface area contributed by atoms with Gasteiger partial charge in [0, 0.05) is 0 Å². The standard InChI is InChI=1S/2Al.2O3P/c;;2*1-4(2)3/q2*+3;2*-3. The molecule has 0 spiro atoms. The van der Waals surface area contributed by atoms with Crippen LogP contribution in [0.5, 0.6) is 0 Å². The third-order valence-corrected chi connectivity index (χ3v) is 0. The van der Waals surface area contributed by atoms with Gasteiger partial charge in [-0.3, -0.25) is 0 Å². The van der Waals surface area contributed by atoms with Crippen molar-refractivity contribution in [2.24, 2.45) is 0 Å². The minimum Gasteiger partial charge on any atom is -0.854 e. The molecule has 0 saturated heterocycles. The third kappa shape index (κ3) is 257. The molecule has 0 N–H and O–H groups in total. The predicted octanol–water partition coefficient (Wildman–Crippen LogP) is -6.17. The summed E-state index contributed by atoms with van der Waals surface area (Å²) >= 11 is 0. The maximum atomic E-state index is 8.48. The minimum atomic E-state index is -3.37. The zero-order valence-corrected chi connectivity index (χ0v) is 8.60. The van der Waals surface area contributed by atoms with Gasteiger partial charge in [-0.2, -0.15) is 0 Å². The van der Waals surface area contributed by atoms with Crippen molar-refractivity contribution in [2.75, 3.05) is 0 Å². The molecule has 0 saturated carbocycles. The predicted molar refractivity (Wildman–Crippen MR) is 25.3 cm³/mol. The molecule has 0 bridgehead atoms. The molecular formula is Al2O6P2. The SMILES string of the molecule is [Al+3].[Al+3].[O-]P([O-])[O-].[O-]P([O-])[O-]. The summed E-state index contributed by atoms with van der Waals surface area (Å²) in [7, 11) is -6.74. The zero-order valence-electron chi connectivity index (χ0n) is 4.50. The molecule has 0 aliphatic rings. The monoisotopic (exact) mass is 212 g/mol. The van der Waals surface area contributed by atoms with E-state index in [1.165, 1.54) is 0 Å². The molecule has 0 aliphatic carbocycles. The van der Waals surface area contributed by atoms with Crippen LogP contribution in [-0.2, 0) is 0 Å². The summed E-state index contributed by atoms with van der Waals surface area (Å²) < 4.78 is 0. The second-order valence-corrected chi connectivity index (χ2v) is 1.34. The Kier molecular flexibility index (Phi) is 38.3. The van der Waals surface area contributed by atoms with Gasteiger partial charge in [-0.15, -0.1) is 0 Å². The average molecular weight is 212 g/mol. The second kappa shape index (κ2) is 17.0. The fraction of sp³-hybridized carbons (Fsp3) is 0. The first-order chi connectivity index (χ1) is 3.46. The van der Waals surface area contributed by atoms with Gasteiger partial charge < -0.3 is 46.6 Å². The van der Waals surface area contributed by atoms with Crippen LogP contribution in [0, 0.1) is 0 Å². The molecule has 0 atom stereocenters. The summed E-state index contributed by atoms with van der Waals surface area (Å²) in [5.74, 6) is 0. The largest absolute Gasteiger partial charge is 3.00 e. The summed E-state index contributed by atoms with van der Waals surface area (Å²) in [5, 5.41) is 0. The van der Waals surface area contributed by atoms with Gasteiger partial charge in [0.05, 0.1) is 0 Å². The molecule has 0 aliphatic heterocycles. The second-order valence-electron chi connectivity index (χ2n) is 0.447. The van der Waals surface area contributed by atoms with Crippen molar-refractivity contribution >= 4 is 51.9 Å². The van der Waals surface area contributed by atoms with Crippen LogP contribution in [0.15, 0.2) is 0 Å². The van der Waals surface area contributed by atoms with Gasteiger partial charge >= 0.3 is 34.7 Å². The first-order valence-corrected chi connectivity index (χ1v) is 3.29. The van der Waals surface area contributed by atoms with E-state index in [0.717, 1.165) is 0 Å². The summed E-state index contributed by atoms with van der Waals surface area (Å²) in [5.41, 5.74) is 0. The Hall–Kier alpha value is 1.68. The van der Waals surface area contributed by atoms with Crippen molar-refractivity contribution in [2.45, 2.75) is 0 Å². The Balaban J connectivity index is -0.0000000300. The maximum absolute atomic E-state index is 8.48. The Bertz CT molecular complexity index is 29.2. The molecule has 10 heavy (non-hydrogen) atoms. The van der Waals surface area contributed by atoms with Crippen LogP contribution in [0.3, 0.4) is 0 Å². The van der Waals surface area contributed by atoms with E-state index >= 15 is 0 Å². The van der Waals surface area contributed by atoms with Crippen LogP contribution >= 0.6 is 17.2 Å². The Labute approximate surface area is 81.4 Å². The summed E-state index contributed by atoms with van der Waals surface area (Å²) in [6.07, 6.45) is 0. The molecule has 0 fully saturated rings. The number of hydrogen-bond acceptors (Lipinski definition) is 6. The van der Waals surface area contributed by atoms with Crippen LogP contribution in [-0.4, -0.2) is 34.7 Å². The Morgan fingerprint density at radius 3 is 0.500 bits per heavy atom. The topological polar surface area (TPSA) is 138 Å². The molecule has 0 aromatic rings. The molecule has 0 aromatic heterocycles. The van der Waals surface area contributed by atoms with Crippen LogP contribution in [0.25, 0.3) is 0 Å². The molecule has 0 aromatic carbocycles. The average Bonchev–Trinajstić information content (AvgIpc) is 1.25. The van der Waals surface area contributed by atoms with Gasteiger partial charge in [0.25, 0.3) is 0 Å². The Morgan fingerprint density at radius 2 is 0.500 bits per heavy atom. The van der Waals surface area contributed by atoms with E-state index < -0.39 is 17.2 Å². The van der Waals surface area contributed by atoms with Crippen molar-refractivity contribution in [3.05, 3.63) is 0 Å². The molecule has 0 rings (SSSR count). The van der Waals surface area contributed by atoms with Crippen LogP contribution < -0.4 is 29.4 Å². The van der Waals surface area contributed by atoms with E-state index in [2.05, 4.69) is 0 Å². The van der Waals surface area contributed by atoms with Crippen molar-refractivity contribution in [1.29, 1.82) is 0 Å². The van der Waals surface area contributed by atoms with Crippen LogP contribution in [0.4, 0.5) is 0 Å². The van der Waals surface area contributed by atoms with E-state index in [1.807, 2.05) is 0 Å². The maximum Gasteiger partial charge on any atom is 3.00 e. The van der Waals surface area contributed by atoms with E-state index in [4.69, 9.17) is 29.4 Å². The van der Waals surface area contributed by atoms with E-state index in [-0.39, 0.29) is 34.7 Å². The van der Waals surface area contributed by atoms with E-state index in [1.54, 1.807) is 0 Å². The smallest absolute Gasteiger partial charge is 0.854 e. The molecule has 6 nitrogen and oxygen atoms in total. The van der Waals surface area contributed by atoms with Gasteiger partial charge in [0.1, 0.15) is 0 Å². The minimum absolute atomic E-state index is 0. The van der Waals surface area contributed by atoms with Crippen molar-refractivity contribution < 1.29 is 29.4 Å². The van der Waals surface area contributed by atoms with E-state index in [0.29, 0.717) is 0 Å². The number of hydrogen-bond donors (Lipinski definition) is 0. The van der Waals surface area contributed by atoms with E-state index in [9.17, 15) is 0 Å². The quantitative estimate of drug-likeness (QED) is 0.289. The molecule has 0 amide bonds. The van der Waals surface area contributed by atoms with Gasteiger partial charge in [-0.05, 0) is 0 Å². The van der Waals surface area contributed by atoms with Crippen molar-refractivity contribution in [3.63, 3.8) is 0 Å². The molecule has 52 valence electrons. The van der Waals surface area contributed by atoms with Gasteiger partial charge in [-0.25, -0.2) is 0 Å². The zero-order chi connectivity index (χ0) is 7.15. The number of rotatable bonds is 0. The summed E-state index contributed by atoms with van der Waals surface area (Å²) in [6.45, 7) is 0. The summed E-state index contributed by atoms with van der Waals surface area (Å²) in [4.78, 5) is 50.9. The fourth-order valence-electron chi connectivity index (χ4n) is 0. The fourth-order valence-corrected chi connectivity index (χ4v) is 0. The third-order valence-electron chi connectivity index (χ3n) is 0. The first-order valence-electron chi connectivity index (χ1n) is 1.10. The van der Waals surface area contributed by atoms with Gasteiger partial charge in [-0.1, -0.05) is 0 Å². The first kappa shape index (κ1) is 22.6. The van der Waals surface area contributed by atoms with Gasteiger partial charge in [0.15, 0.2) is 0 Å². The van der Waals surface area contributed by atoms with Crippen LogP contribution in [0.2, 0.25) is 0 Å². The molecular weight excluding hydrogens is 212 g/mol. The van der Waals surface area contributed by atoms with Gasteiger partial charge in [0.2, 0.25) is 0 Å². The van der Waals surface area contributed by atoms with Crippen LogP contribution in [0.1, 0.15) is 0 Å². The summed E-state index contributed by atoms with van der Waals surface area (Å²) in [6, 6.07) is 0. The Morgan fingerprint density at radius 1 is 0.500 bits per heavy atom. The van der Waals surface area contributed by atoms with Crippen molar-refractivity contribution in [1.82, 2.24) is 0 Å².